The summed E-state index contributed by atoms with van der Waals surface area (Å²) in [7, 11) is 0. The molecule has 1 amide bonds. The number of aromatic nitrogens is 1. The molecule has 0 saturated heterocycles. The SMILES string of the molecule is CC(C)(C)NC(=O)[C@@H]1c2ccccc2CC[C@@H]1CCC(O)Cc1ccccc1-c1nccc2ccccc12. The van der Waals surface area contributed by atoms with Crippen LogP contribution in [0.4, 0.5) is 0 Å². The number of nitrogens with one attached hydrogen (secondary N) is 1. The van der Waals surface area contributed by atoms with Gasteiger partial charge in [-0.25, -0.2) is 0 Å². The fourth-order valence-electron chi connectivity index (χ4n) is 5.97. The van der Waals surface area contributed by atoms with Crippen molar-refractivity contribution in [2.75, 3.05) is 0 Å². The van der Waals surface area contributed by atoms with Gasteiger partial charge >= 0.3 is 0 Å². The maximum Gasteiger partial charge on any atom is 0.228 e. The Morgan fingerprint density at radius 2 is 1.74 bits per heavy atom. The van der Waals surface area contributed by atoms with E-state index in [2.05, 4.69) is 47.8 Å². The predicted octanol–water partition coefficient (Wildman–Crippen LogP) is 6.85. The number of pyridine rings is 1. The van der Waals surface area contributed by atoms with Gasteiger partial charge in [-0.1, -0.05) is 72.8 Å². The lowest BCUT2D eigenvalue weighted by Crippen LogP contribution is -2.45. The summed E-state index contributed by atoms with van der Waals surface area (Å²) in [5, 5.41) is 16.7. The van der Waals surface area contributed by atoms with Gasteiger partial charge in [0, 0.05) is 22.7 Å². The number of benzene rings is 3. The normalized spacial score (nSPS) is 18.1. The van der Waals surface area contributed by atoms with Crippen LogP contribution in [-0.4, -0.2) is 27.6 Å². The second-order valence-corrected chi connectivity index (χ2v) is 11.7. The first kappa shape index (κ1) is 26.1. The largest absolute Gasteiger partial charge is 0.393 e. The average Bonchev–Trinajstić information content (AvgIpc) is 2.90. The molecule has 2 N–H and O–H groups in total. The van der Waals surface area contributed by atoms with Gasteiger partial charge in [-0.2, -0.15) is 0 Å². The number of rotatable bonds is 7. The third-order valence-corrected chi connectivity index (χ3v) is 7.70. The fraction of sp³-hybridized carbons (Fsp3) is 0.353. The minimum absolute atomic E-state index is 0.0940. The van der Waals surface area contributed by atoms with Crippen LogP contribution in [0.15, 0.2) is 85.1 Å². The first-order valence-corrected chi connectivity index (χ1v) is 13.8. The molecule has 0 bridgehead atoms. The molecule has 4 aromatic rings. The van der Waals surface area contributed by atoms with Crippen molar-refractivity contribution in [2.24, 2.45) is 5.92 Å². The number of fused-ring (bicyclic) bond motifs is 2. The Kier molecular flexibility index (Phi) is 7.62. The van der Waals surface area contributed by atoms with Crippen molar-refractivity contribution in [1.29, 1.82) is 0 Å². The van der Waals surface area contributed by atoms with E-state index in [-0.39, 0.29) is 23.3 Å². The number of hydrogen-bond acceptors (Lipinski definition) is 3. The minimum atomic E-state index is -0.491. The van der Waals surface area contributed by atoms with Crippen molar-refractivity contribution in [2.45, 2.75) is 70.4 Å². The summed E-state index contributed by atoms with van der Waals surface area (Å²) < 4.78 is 0. The van der Waals surface area contributed by atoms with Gasteiger partial charge in [0.2, 0.25) is 5.91 Å². The molecule has 4 heteroatoms. The molecular formula is C34H38N2O2. The van der Waals surface area contributed by atoms with E-state index in [1.807, 2.05) is 63.4 Å². The Morgan fingerprint density at radius 3 is 2.58 bits per heavy atom. The van der Waals surface area contributed by atoms with Crippen LogP contribution in [0.5, 0.6) is 0 Å². The van der Waals surface area contributed by atoms with Crippen molar-refractivity contribution in [3.63, 3.8) is 0 Å². The van der Waals surface area contributed by atoms with Crippen molar-refractivity contribution < 1.29 is 9.90 Å². The lowest BCUT2D eigenvalue weighted by atomic mass is 9.72. The van der Waals surface area contributed by atoms with Crippen LogP contribution in [0.25, 0.3) is 22.0 Å². The number of aliphatic hydroxyl groups is 1. The van der Waals surface area contributed by atoms with E-state index in [0.717, 1.165) is 52.4 Å². The van der Waals surface area contributed by atoms with Crippen molar-refractivity contribution >= 4 is 16.7 Å². The van der Waals surface area contributed by atoms with Crippen LogP contribution in [0.3, 0.4) is 0 Å². The smallest absolute Gasteiger partial charge is 0.228 e. The van der Waals surface area contributed by atoms with E-state index < -0.39 is 6.10 Å². The maximum absolute atomic E-state index is 13.5. The Hall–Kier alpha value is -3.50. The number of amides is 1. The molecule has 4 nitrogen and oxygen atoms in total. The van der Waals surface area contributed by atoms with Crippen LogP contribution in [0.2, 0.25) is 0 Å². The molecule has 196 valence electrons. The average molecular weight is 507 g/mol. The summed E-state index contributed by atoms with van der Waals surface area (Å²) in [4.78, 5) is 18.2. The molecule has 1 unspecified atom stereocenters. The van der Waals surface area contributed by atoms with Crippen molar-refractivity contribution in [1.82, 2.24) is 10.3 Å². The monoisotopic (exact) mass is 506 g/mol. The van der Waals surface area contributed by atoms with E-state index >= 15 is 0 Å². The Bertz CT molecular complexity index is 1420. The topological polar surface area (TPSA) is 62.2 Å². The van der Waals surface area contributed by atoms with Crippen LogP contribution >= 0.6 is 0 Å². The highest BCUT2D eigenvalue weighted by atomic mass is 16.3. The summed E-state index contributed by atoms with van der Waals surface area (Å²) >= 11 is 0. The summed E-state index contributed by atoms with van der Waals surface area (Å²) in [5.41, 5.74) is 5.25. The van der Waals surface area contributed by atoms with Gasteiger partial charge in [-0.05, 0) is 86.9 Å². The molecule has 3 aromatic carbocycles. The van der Waals surface area contributed by atoms with Gasteiger partial charge in [0.25, 0.3) is 0 Å². The fourth-order valence-corrected chi connectivity index (χ4v) is 5.97. The maximum atomic E-state index is 13.5. The van der Waals surface area contributed by atoms with E-state index in [9.17, 15) is 9.90 Å². The number of carbonyl (C=O) groups is 1. The molecule has 38 heavy (non-hydrogen) atoms. The Labute approximate surface area is 226 Å². The molecule has 1 aromatic heterocycles. The number of carbonyl (C=O) groups excluding carboxylic acids is 1. The third kappa shape index (κ3) is 5.81. The molecule has 5 rings (SSSR count). The zero-order valence-electron chi connectivity index (χ0n) is 22.7. The molecule has 0 radical (unpaired) electrons. The van der Waals surface area contributed by atoms with Crippen LogP contribution in [-0.2, 0) is 17.6 Å². The Morgan fingerprint density at radius 1 is 1.00 bits per heavy atom. The zero-order valence-corrected chi connectivity index (χ0v) is 22.7. The molecule has 0 spiro atoms. The molecule has 1 aliphatic rings. The van der Waals surface area contributed by atoms with Crippen LogP contribution < -0.4 is 5.32 Å². The standard InChI is InChI=1S/C34H38N2O2/c1-34(2,3)36-33(38)31-25(17-16-23-10-4-7-13-28(23)31)18-19-27(37)22-26-12-6-9-15-30(26)32-29-14-8-5-11-24(29)20-21-35-32/h4-15,20-21,25,27,31,37H,16-19,22H2,1-3H3,(H,36,38)/t25-,27?,31+/m1/s1. The summed E-state index contributed by atoms with van der Waals surface area (Å²) in [6.45, 7) is 6.09. The Balaban J connectivity index is 1.33. The molecule has 0 aliphatic heterocycles. The number of aryl methyl sites for hydroxylation is 1. The minimum Gasteiger partial charge on any atom is -0.393 e. The van der Waals surface area contributed by atoms with Crippen molar-refractivity contribution in [3.05, 3.63) is 102 Å². The van der Waals surface area contributed by atoms with Crippen molar-refractivity contribution in [3.8, 4) is 11.3 Å². The second-order valence-electron chi connectivity index (χ2n) is 11.7. The van der Waals surface area contributed by atoms with E-state index in [4.69, 9.17) is 4.98 Å². The molecule has 1 heterocycles. The van der Waals surface area contributed by atoms with E-state index in [1.54, 1.807) is 0 Å². The lowest BCUT2D eigenvalue weighted by Gasteiger charge is -2.35. The molecule has 1 aliphatic carbocycles. The van der Waals surface area contributed by atoms with Gasteiger partial charge < -0.3 is 10.4 Å². The molecule has 0 fully saturated rings. The van der Waals surface area contributed by atoms with Gasteiger partial charge in [0.15, 0.2) is 0 Å². The quantitative estimate of drug-likeness (QED) is 0.288. The van der Waals surface area contributed by atoms with Gasteiger partial charge in [0.1, 0.15) is 0 Å². The molecule has 3 atom stereocenters. The predicted molar refractivity (Wildman–Crippen MR) is 155 cm³/mol. The number of aliphatic hydroxyl groups excluding tert-OH is 1. The molecular weight excluding hydrogens is 468 g/mol. The number of hydrogen-bond donors (Lipinski definition) is 2. The first-order chi connectivity index (χ1) is 18.3. The van der Waals surface area contributed by atoms with Crippen LogP contribution in [0.1, 0.15) is 62.6 Å². The zero-order chi connectivity index (χ0) is 26.7. The summed E-state index contributed by atoms with van der Waals surface area (Å²) in [6.07, 6.45) is 5.33. The highest BCUT2D eigenvalue weighted by Crippen LogP contribution is 2.40. The first-order valence-electron chi connectivity index (χ1n) is 13.8. The van der Waals surface area contributed by atoms with Gasteiger partial charge in [-0.3, -0.25) is 9.78 Å². The molecule has 0 saturated carbocycles. The van der Waals surface area contributed by atoms with Gasteiger partial charge in [-0.15, -0.1) is 0 Å². The number of nitrogens with zero attached hydrogens (tertiary/aromatic N) is 1. The van der Waals surface area contributed by atoms with E-state index in [0.29, 0.717) is 12.8 Å². The summed E-state index contributed by atoms with van der Waals surface area (Å²) in [6, 6.07) is 26.9. The highest BCUT2D eigenvalue weighted by Gasteiger charge is 2.36. The lowest BCUT2D eigenvalue weighted by molar-refractivity contribution is -0.125. The second kappa shape index (κ2) is 11.1. The third-order valence-electron chi connectivity index (χ3n) is 7.70. The summed E-state index contributed by atoms with van der Waals surface area (Å²) in [5.74, 6) is 0.118. The van der Waals surface area contributed by atoms with Crippen LogP contribution in [0, 0.1) is 5.92 Å². The highest BCUT2D eigenvalue weighted by molar-refractivity contribution is 5.95. The van der Waals surface area contributed by atoms with E-state index in [1.165, 1.54) is 5.56 Å². The van der Waals surface area contributed by atoms with Gasteiger partial charge in [0.05, 0.1) is 17.7 Å².